The van der Waals surface area contributed by atoms with Crippen molar-refractivity contribution >= 4 is 29.9 Å². The molecule has 1 aromatic carbocycles. The molecular weight excluding hydrogens is 495 g/mol. The number of nitrogens with zero attached hydrogens (tertiary/aromatic N) is 2. The third-order valence-electron chi connectivity index (χ3n) is 5.01. The van der Waals surface area contributed by atoms with Crippen LogP contribution in [0, 0.1) is 0 Å². The Bertz CT molecular complexity index is 649. The number of halogens is 1. The summed E-state index contributed by atoms with van der Waals surface area (Å²) in [6.07, 6.45) is 0.966. The molecule has 172 valence electrons. The van der Waals surface area contributed by atoms with Crippen LogP contribution in [0.2, 0.25) is 0 Å². The second kappa shape index (κ2) is 13.9. The van der Waals surface area contributed by atoms with E-state index >= 15 is 0 Å². The van der Waals surface area contributed by atoms with Gasteiger partial charge in [-0.1, -0.05) is 13.0 Å². The lowest BCUT2D eigenvalue weighted by Gasteiger charge is -2.41. The number of guanidine groups is 1. The summed E-state index contributed by atoms with van der Waals surface area (Å²) < 4.78 is 16.7. The third-order valence-corrected chi connectivity index (χ3v) is 5.01. The first-order valence-corrected chi connectivity index (χ1v) is 10.6. The Balaban J connectivity index is 0.00000450. The van der Waals surface area contributed by atoms with Crippen LogP contribution < -0.4 is 20.1 Å². The highest BCUT2D eigenvalue weighted by Gasteiger charge is 2.28. The van der Waals surface area contributed by atoms with Crippen LogP contribution in [0.25, 0.3) is 0 Å². The number of benzene rings is 1. The Morgan fingerprint density at radius 3 is 2.53 bits per heavy atom. The molecule has 1 aliphatic rings. The summed E-state index contributed by atoms with van der Waals surface area (Å²) in [5, 5.41) is 6.83. The van der Waals surface area contributed by atoms with Gasteiger partial charge in [0, 0.05) is 31.7 Å². The molecule has 2 N–H and O–H groups in total. The number of methoxy groups -OCH3 is 1. The normalized spacial score (nSPS) is 15.3. The molecule has 1 heterocycles. The van der Waals surface area contributed by atoms with E-state index in [1.807, 2.05) is 18.2 Å². The lowest BCUT2D eigenvalue weighted by molar-refractivity contribution is -0.00834. The minimum atomic E-state index is 0. The van der Waals surface area contributed by atoms with Crippen molar-refractivity contribution in [2.45, 2.75) is 46.2 Å². The number of hydrogen-bond acceptors (Lipinski definition) is 5. The fourth-order valence-corrected chi connectivity index (χ4v) is 3.23. The molecule has 0 radical (unpaired) electrons. The average Bonchev–Trinajstić information content (AvgIpc) is 2.75. The smallest absolute Gasteiger partial charge is 0.191 e. The molecule has 0 unspecified atom stereocenters. The zero-order valence-electron chi connectivity index (χ0n) is 19.1. The van der Waals surface area contributed by atoms with Crippen molar-refractivity contribution in [3.8, 4) is 11.5 Å². The number of aliphatic imine (C=N–C) groups is 1. The van der Waals surface area contributed by atoms with E-state index in [-0.39, 0.29) is 29.5 Å². The van der Waals surface area contributed by atoms with Gasteiger partial charge in [-0.25, -0.2) is 4.99 Å². The summed E-state index contributed by atoms with van der Waals surface area (Å²) in [6, 6.07) is 6.00. The second-order valence-electron chi connectivity index (χ2n) is 7.79. The molecule has 2 rings (SSSR count). The highest BCUT2D eigenvalue weighted by molar-refractivity contribution is 14.0. The predicted octanol–water partition coefficient (Wildman–Crippen LogP) is 3.27. The molecule has 0 bridgehead atoms. The first-order chi connectivity index (χ1) is 14.0. The van der Waals surface area contributed by atoms with Crippen LogP contribution in [0.1, 0.15) is 39.7 Å². The van der Waals surface area contributed by atoms with Crippen molar-refractivity contribution < 1.29 is 14.2 Å². The summed E-state index contributed by atoms with van der Waals surface area (Å²) in [5.41, 5.74) is 1.11. The largest absolute Gasteiger partial charge is 0.493 e. The van der Waals surface area contributed by atoms with E-state index in [2.05, 4.69) is 43.2 Å². The number of ether oxygens (including phenoxy) is 3. The third kappa shape index (κ3) is 8.47. The fraction of sp³-hybridized carbons (Fsp3) is 0.682. The summed E-state index contributed by atoms with van der Waals surface area (Å²) in [5.74, 6) is 2.34. The molecule has 7 nitrogen and oxygen atoms in total. The van der Waals surface area contributed by atoms with Crippen LogP contribution >= 0.6 is 24.0 Å². The Labute approximate surface area is 199 Å². The van der Waals surface area contributed by atoms with Gasteiger partial charge in [-0.3, -0.25) is 4.90 Å². The van der Waals surface area contributed by atoms with Crippen molar-refractivity contribution in [1.29, 1.82) is 0 Å². The average molecular weight is 534 g/mol. The van der Waals surface area contributed by atoms with Crippen LogP contribution in [0.4, 0.5) is 0 Å². The van der Waals surface area contributed by atoms with E-state index in [0.717, 1.165) is 68.8 Å². The SMILES string of the molecule is CCCOc1ccc(CN=C(NCC)NCC(C)(C)N2CCOCC2)cc1OC.I. The Hall–Kier alpha value is -1.26. The van der Waals surface area contributed by atoms with Gasteiger partial charge in [0.15, 0.2) is 17.5 Å². The van der Waals surface area contributed by atoms with E-state index in [1.54, 1.807) is 7.11 Å². The van der Waals surface area contributed by atoms with Gasteiger partial charge in [-0.15, -0.1) is 24.0 Å². The predicted molar refractivity (Wildman–Crippen MR) is 133 cm³/mol. The van der Waals surface area contributed by atoms with Crippen molar-refractivity contribution in [3.05, 3.63) is 23.8 Å². The van der Waals surface area contributed by atoms with Crippen molar-refractivity contribution in [2.75, 3.05) is 53.1 Å². The number of rotatable bonds is 10. The molecule has 0 aliphatic carbocycles. The summed E-state index contributed by atoms with van der Waals surface area (Å²) in [6.45, 7) is 15.1. The summed E-state index contributed by atoms with van der Waals surface area (Å²) >= 11 is 0. The molecule has 0 amide bonds. The van der Waals surface area contributed by atoms with E-state index in [0.29, 0.717) is 13.2 Å². The van der Waals surface area contributed by atoms with E-state index in [1.165, 1.54) is 0 Å². The standard InChI is InChI=1S/C22H38N4O3.HI/c1-6-12-29-19-9-8-18(15-20(19)27-5)16-24-21(23-7-2)25-17-22(3,4)26-10-13-28-14-11-26;/h8-9,15H,6-7,10-14,16-17H2,1-5H3,(H2,23,24,25);1H. The molecule has 0 atom stereocenters. The molecule has 1 fully saturated rings. The Morgan fingerprint density at radius 2 is 1.90 bits per heavy atom. The molecule has 30 heavy (non-hydrogen) atoms. The molecule has 8 heteroatoms. The first-order valence-electron chi connectivity index (χ1n) is 10.6. The summed E-state index contributed by atoms with van der Waals surface area (Å²) in [7, 11) is 1.67. The number of nitrogens with one attached hydrogen (secondary N) is 2. The van der Waals surface area contributed by atoms with Crippen LogP contribution in [-0.2, 0) is 11.3 Å². The maximum absolute atomic E-state index is 5.73. The molecule has 1 aromatic rings. The molecule has 1 saturated heterocycles. The highest BCUT2D eigenvalue weighted by atomic mass is 127. The Morgan fingerprint density at radius 1 is 1.17 bits per heavy atom. The molecule has 0 saturated carbocycles. The van der Waals surface area contributed by atoms with Gasteiger partial charge in [0.05, 0.1) is 33.5 Å². The van der Waals surface area contributed by atoms with E-state index < -0.39 is 0 Å². The van der Waals surface area contributed by atoms with Crippen LogP contribution in [-0.4, -0.2) is 69.5 Å². The van der Waals surface area contributed by atoms with E-state index in [9.17, 15) is 0 Å². The van der Waals surface area contributed by atoms with Crippen molar-refractivity contribution in [1.82, 2.24) is 15.5 Å². The van der Waals surface area contributed by atoms with Gasteiger partial charge in [-0.05, 0) is 44.9 Å². The van der Waals surface area contributed by atoms with Crippen molar-refractivity contribution in [2.24, 2.45) is 4.99 Å². The fourth-order valence-electron chi connectivity index (χ4n) is 3.23. The molecular formula is C22H39IN4O3. The lowest BCUT2D eigenvalue weighted by atomic mass is 10.0. The first kappa shape index (κ1) is 26.8. The second-order valence-corrected chi connectivity index (χ2v) is 7.79. The zero-order chi connectivity index (χ0) is 21.1. The Kier molecular flexibility index (Phi) is 12.4. The summed E-state index contributed by atoms with van der Waals surface area (Å²) in [4.78, 5) is 7.22. The van der Waals surface area contributed by atoms with Gasteiger partial charge >= 0.3 is 0 Å². The lowest BCUT2D eigenvalue weighted by Crippen LogP contribution is -2.56. The number of hydrogen-bond donors (Lipinski definition) is 2. The van der Waals surface area contributed by atoms with Crippen molar-refractivity contribution in [3.63, 3.8) is 0 Å². The molecule has 0 spiro atoms. The van der Waals surface area contributed by atoms with Crippen LogP contribution in [0.3, 0.4) is 0 Å². The van der Waals surface area contributed by atoms with Gasteiger partial charge in [0.2, 0.25) is 0 Å². The quantitative estimate of drug-likeness (QED) is 0.273. The molecule has 1 aliphatic heterocycles. The minimum absolute atomic E-state index is 0. The van der Waals surface area contributed by atoms with Gasteiger partial charge in [0.25, 0.3) is 0 Å². The monoisotopic (exact) mass is 534 g/mol. The van der Waals surface area contributed by atoms with Gasteiger partial charge in [0.1, 0.15) is 0 Å². The maximum Gasteiger partial charge on any atom is 0.191 e. The topological polar surface area (TPSA) is 67.4 Å². The van der Waals surface area contributed by atoms with Gasteiger partial charge in [-0.2, -0.15) is 0 Å². The van der Waals surface area contributed by atoms with Crippen LogP contribution in [0.15, 0.2) is 23.2 Å². The van der Waals surface area contributed by atoms with Crippen LogP contribution in [0.5, 0.6) is 11.5 Å². The zero-order valence-corrected chi connectivity index (χ0v) is 21.5. The van der Waals surface area contributed by atoms with Gasteiger partial charge < -0.3 is 24.8 Å². The number of morpholine rings is 1. The minimum Gasteiger partial charge on any atom is -0.493 e. The molecule has 0 aromatic heterocycles. The van der Waals surface area contributed by atoms with E-state index in [4.69, 9.17) is 19.2 Å². The highest BCUT2D eigenvalue weighted by Crippen LogP contribution is 2.28. The maximum atomic E-state index is 5.73.